The molecule has 1 aliphatic heterocycles. The minimum atomic E-state index is -1.08. The molecular formula is C15H31N3O3S. The van der Waals surface area contributed by atoms with Gasteiger partial charge in [0.05, 0.1) is 6.04 Å². The van der Waals surface area contributed by atoms with Gasteiger partial charge in [0.25, 0.3) is 0 Å². The van der Waals surface area contributed by atoms with Crippen molar-refractivity contribution in [3.63, 3.8) is 0 Å². The molecule has 1 fully saturated rings. The number of rotatable bonds is 4. The van der Waals surface area contributed by atoms with E-state index in [1.54, 1.807) is 0 Å². The summed E-state index contributed by atoms with van der Waals surface area (Å²) in [5.41, 5.74) is 2.27. The standard InChI is InChI=1S/C15H31N3O3S/c1-11(17-22(20)15(5,6)7)12-8-9-18(10-12)16-13(19)21-14(2,3)4/h11-12,17H,8-10H2,1-7H3,(H,16,19)/t11-,12?,22-/m0/s1. The minimum Gasteiger partial charge on any atom is -0.598 e. The van der Waals surface area contributed by atoms with Gasteiger partial charge in [0.15, 0.2) is 0 Å². The first-order valence-electron chi connectivity index (χ1n) is 7.81. The number of ether oxygens (including phenoxy) is 1. The SMILES string of the molecule is C[C@H](N[S@@+]([O-])C(C)(C)C)C1CCN(NC(=O)OC(C)(C)C)C1. The van der Waals surface area contributed by atoms with E-state index in [1.807, 2.05) is 53.5 Å². The normalized spacial score (nSPS) is 23.2. The molecule has 6 nitrogen and oxygen atoms in total. The maximum atomic E-state index is 12.1. The Morgan fingerprint density at radius 2 is 1.91 bits per heavy atom. The first-order chi connectivity index (χ1) is 9.88. The monoisotopic (exact) mass is 333 g/mol. The largest absolute Gasteiger partial charge is 0.598 e. The summed E-state index contributed by atoms with van der Waals surface area (Å²) >= 11 is -1.08. The van der Waals surface area contributed by atoms with Gasteiger partial charge in [-0.25, -0.2) is 9.80 Å². The van der Waals surface area contributed by atoms with Gasteiger partial charge in [-0.05, 0) is 60.8 Å². The fraction of sp³-hybridized carbons (Fsp3) is 0.933. The maximum Gasteiger partial charge on any atom is 0.422 e. The molecule has 0 aromatic carbocycles. The molecule has 1 rings (SSSR count). The van der Waals surface area contributed by atoms with Crippen molar-refractivity contribution < 1.29 is 14.1 Å². The first kappa shape index (κ1) is 19.5. The van der Waals surface area contributed by atoms with E-state index in [-0.39, 0.29) is 10.8 Å². The second-order valence-electron chi connectivity index (χ2n) is 7.90. The van der Waals surface area contributed by atoms with Crippen molar-refractivity contribution in [2.24, 2.45) is 5.92 Å². The van der Waals surface area contributed by atoms with Crippen molar-refractivity contribution in [2.75, 3.05) is 13.1 Å². The molecule has 1 aliphatic rings. The number of hydrogen-bond donors (Lipinski definition) is 2. The van der Waals surface area contributed by atoms with E-state index in [1.165, 1.54) is 0 Å². The molecule has 1 unspecified atom stereocenters. The molecule has 0 bridgehead atoms. The van der Waals surface area contributed by atoms with E-state index in [0.717, 1.165) is 19.5 Å². The molecule has 1 amide bonds. The van der Waals surface area contributed by atoms with Crippen LogP contribution in [0.15, 0.2) is 0 Å². The summed E-state index contributed by atoms with van der Waals surface area (Å²) in [7, 11) is 0. The van der Waals surface area contributed by atoms with Crippen LogP contribution in [0.1, 0.15) is 54.9 Å². The Morgan fingerprint density at radius 1 is 1.32 bits per heavy atom. The number of carbonyl (C=O) groups is 1. The Balaban J connectivity index is 2.41. The second kappa shape index (κ2) is 7.38. The molecule has 0 radical (unpaired) electrons. The second-order valence-corrected chi connectivity index (χ2v) is 9.89. The average molecular weight is 333 g/mol. The first-order valence-corrected chi connectivity index (χ1v) is 8.96. The van der Waals surface area contributed by atoms with Gasteiger partial charge in [-0.15, -0.1) is 4.72 Å². The van der Waals surface area contributed by atoms with Gasteiger partial charge < -0.3 is 9.29 Å². The number of carbonyl (C=O) groups excluding carboxylic acids is 1. The zero-order valence-corrected chi connectivity index (χ0v) is 15.7. The van der Waals surface area contributed by atoms with Crippen LogP contribution in [0.4, 0.5) is 4.79 Å². The predicted molar refractivity (Wildman–Crippen MR) is 89.5 cm³/mol. The summed E-state index contributed by atoms with van der Waals surface area (Å²) in [6.07, 6.45) is 0.526. The van der Waals surface area contributed by atoms with Gasteiger partial charge >= 0.3 is 6.09 Å². The van der Waals surface area contributed by atoms with Crippen molar-refractivity contribution in [3.8, 4) is 0 Å². The van der Waals surface area contributed by atoms with Crippen LogP contribution in [0.5, 0.6) is 0 Å². The fourth-order valence-electron chi connectivity index (χ4n) is 2.17. The highest BCUT2D eigenvalue weighted by Gasteiger charge is 2.34. The third-order valence-electron chi connectivity index (χ3n) is 3.43. The Kier molecular flexibility index (Phi) is 6.56. The summed E-state index contributed by atoms with van der Waals surface area (Å²) in [4.78, 5) is 11.8. The van der Waals surface area contributed by atoms with E-state index in [0.29, 0.717) is 5.92 Å². The van der Waals surface area contributed by atoms with Crippen molar-refractivity contribution >= 4 is 17.5 Å². The Morgan fingerprint density at radius 3 is 2.41 bits per heavy atom. The summed E-state index contributed by atoms with van der Waals surface area (Å²) in [5, 5.41) is 1.87. The van der Waals surface area contributed by atoms with E-state index in [9.17, 15) is 9.35 Å². The van der Waals surface area contributed by atoms with E-state index in [4.69, 9.17) is 4.74 Å². The van der Waals surface area contributed by atoms with Crippen LogP contribution in [0.25, 0.3) is 0 Å². The van der Waals surface area contributed by atoms with Crippen LogP contribution in [0, 0.1) is 5.92 Å². The summed E-state index contributed by atoms with van der Waals surface area (Å²) in [6.45, 7) is 14.9. The van der Waals surface area contributed by atoms with E-state index >= 15 is 0 Å². The number of nitrogens with zero attached hydrogens (tertiary/aromatic N) is 1. The number of hydrogen-bond acceptors (Lipinski definition) is 5. The third-order valence-corrected chi connectivity index (χ3v) is 5.13. The highest BCUT2D eigenvalue weighted by molar-refractivity contribution is 7.90. The van der Waals surface area contributed by atoms with Crippen molar-refractivity contribution in [2.45, 2.75) is 71.3 Å². The molecule has 22 heavy (non-hydrogen) atoms. The molecule has 0 aromatic rings. The molecule has 1 heterocycles. The van der Waals surface area contributed by atoms with E-state index in [2.05, 4.69) is 10.1 Å². The Labute approximate surface area is 137 Å². The lowest BCUT2D eigenvalue weighted by Crippen LogP contribution is -2.48. The van der Waals surface area contributed by atoms with E-state index < -0.39 is 23.1 Å². The van der Waals surface area contributed by atoms with Gasteiger partial charge in [0, 0.05) is 24.5 Å². The smallest absolute Gasteiger partial charge is 0.422 e. The molecule has 0 saturated carbocycles. The van der Waals surface area contributed by atoms with Crippen LogP contribution in [0.3, 0.4) is 0 Å². The van der Waals surface area contributed by atoms with Crippen LogP contribution in [-0.2, 0) is 16.1 Å². The highest BCUT2D eigenvalue weighted by atomic mass is 32.2. The minimum absolute atomic E-state index is 0.130. The molecule has 1 saturated heterocycles. The summed E-state index contributed by atoms with van der Waals surface area (Å²) in [6, 6.07) is 0.130. The zero-order chi connectivity index (χ0) is 17.1. The number of nitrogens with one attached hydrogen (secondary N) is 2. The summed E-state index contributed by atoms with van der Waals surface area (Å²) < 4.78 is 20.3. The molecule has 3 atom stereocenters. The van der Waals surface area contributed by atoms with Crippen molar-refractivity contribution in [1.29, 1.82) is 0 Å². The van der Waals surface area contributed by atoms with Crippen LogP contribution in [0.2, 0.25) is 0 Å². The lowest BCUT2D eigenvalue weighted by atomic mass is 10.0. The molecule has 2 N–H and O–H groups in total. The van der Waals surface area contributed by atoms with Gasteiger partial charge in [-0.3, -0.25) is 5.43 Å². The average Bonchev–Trinajstić information content (AvgIpc) is 2.73. The van der Waals surface area contributed by atoms with Crippen LogP contribution < -0.4 is 10.1 Å². The lowest BCUT2D eigenvalue weighted by Gasteiger charge is -2.29. The van der Waals surface area contributed by atoms with Crippen molar-refractivity contribution in [3.05, 3.63) is 0 Å². The van der Waals surface area contributed by atoms with Crippen LogP contribution in [-0.4, -0.2) is 45.1 Å². The van der Waals surface area contributed by atoms with Gasteiger partial charge in [-0.1, -0.05) is 0 Å². The molecule has 0 spiro atoms. The number of hydrazine groups is 1. The Bertz CT molecular complexity index is 379. The number of amides is 1. The molecule has 7 heteroatoms. The Hall–Kier alpha value is -0.500. The topological polar surface area (TPSA) is 76.7 Å². The quantitative estimate of drug-likeness (QED) is 0.771. The van der Waals surface area contributed by atoms with Gasteiger partial charge in [0.2, 0.25) is 0 Å². The van der Waals surface area contributed by atoms with Gasteiger partial charge in [0.1, 0.15) is 10.3 Å². The molecule has 0 aromatic heterocycles. The highest BCUT2D eigenvalue weighted by Crippen LogP contribution is 2.21. The fourth-order valence-corrected chi connectivity index (χ4v) is 3.05. The summed E-state index contributed by atoms with van der Waals surface area (Å²) in [5.74, 6) is 0.348. The van der Waals surface area contributed by atoms with Crippen molar-refractivity contribution in [1.82, 2.24) is 15.2 Å². The maximum absolute atomic E-state index is 12.1. The molecule has 130 valence electrons. The molecular weight excluding hydrogens is 302 g/mol. The third kappa shape index (κ3) is 6.73. The lowest BCUT2D eigenvalue weighted by molar-refractivity contribution is 0.0359. The predicted octanol–water partition coefficient (Wildman–Crippen LogP) is 2.19. The zero-order valence-electron chi connectivity index (χ0n) is 14.9. The molecule has 0 aliphatic carbocycles. The van der Waals surface area contributed by atoms with Crippen LogP contribution >= 0.6 is 0 Å². The van der Waals surface area contributed by atoms with Gasteiger partial charge in [-0.2, -0.15) is 0 Å².